The monoisotopic (exact) mass is 287 g/mol. The van der Waals surface area contributed by atoms with Crippen LogP contribution in [0, 0.1) is 12.8 Å². The van der Waals surface area contributed by atoms with Gasteiger partial charge in [-0.2, -0.15) is 0 Å². The molecule has 1 aromatic carbocycles. The highest BCUT2D eigenvalue weighted by molar-refractivity contribution is 5.26. The molecule has 2 saturated carbocycles. The molecule has 0 bridgehead atoms. The highest BCUT2D eigenvalue weighted by Crippen LogP contribution is 2.38. The number of hydrogen-bond acceptors (Lipinski definition) is 2. The normalized spacial score (nSPS) is 36.2. The summed E-state index contributed by atoms with van der Waals surface area (Å²) in [5, 5.41) is 14.2. The van der Waals surface area contributed by atoms with Gasteiger partial charge in [0.15, 0.2) is 0 Å². The Bertz CT molecular complexity index is 453. The summed E-state index contributed by atoms with van der Waals surface area (Å²) in [6.45, 7) is 5.22. The van der Waals surface area contributed by atoms with Crippen molar-refractivity contribution in [1.29, 1.82) is 0 Å². The molecule has 2 heteroatoms. The Hall–Kier alpha value is -0.860. The van der Waals surface area contributed by atoms with Crippen molar-refractivity contribution >= 4 is 0 Å². The molecule has 2 aliphatic rings. The van der Waals surface area contributed by atoms with Crippen LogP contribution in [0.1, 0.15) is 62.5 Å². The summed E-state index contributed by atoms with van der Waals surface area (Å²) >= 11 is 0. The number of nitrogens with one attached hydrogen (secondary N) is 1. The third kappa shape index (κ3) is 3.67. The van der Waals surface area contributed by atoms with E-state index in [-0.39, 0.29) is 0 Å². The van der Waals surface area contributed by atoms with Gasteiger partial charge in [-0.1, -0.05) is 36.8 Å². The van der Waals surface area contributed by atoms with Gasteiger partial charge in [-0.25, -0.2) is 0 Å². The Morgan fingerprint density at radius 1 is 1.14 bits per heavy atom. The van der Waals surface area contributed by atoms with Gasteiger partial charge in [0.1, 0.15) is 0 Å². The number of aryl methyl sites for hydroxylation is 1. The van der Waals surface area contributed by atoms with Crippen molar-refractivity contribution < 1.29 is 5.11 Å². The molecule has 0 radical (unpaired) electrons. The van der Waals surface area contributed by atoms with Gasteiger partial charge in [0.05, 0.1) is 5.60 Å². The number of benzene rings is 1. The lowest BCUT2D eigenvalue weighted by Gasteiger charge is -2.41. The zero-order valence-electron chi connectivity index (χ0n) is 13.4. The summed E-state index contributed by atoms with van der Waals surface area (Å²) in [4.78, 5) is 0. The first-order chi connectivity index (χ1) is 10.0. The SMILES string of the molecule is Cc1ccc(C2CC(NCC3(O)CCC(C)CC3)C2)cc1. The highest BCUT2D eigenvalue weighted by Gasteiger charge is 2.35. The van der Waals surface area contributed by atoms with Crippen LogP contribution < -0.4 is 5.32 Å². The predicted molar refractivity (Wildman–Crippen MR) is 87.5 cm³/mol. The Morgan fingerprint density at radius 2 is 1.76 bits per heavy atom. The standard InChI is InChI=1S/C19H29NO/c1-14-3-5-16(6-4-14)17-11-18(12-17)20-13-19(21)9-7-15(2)8-10-19/h3-6,15,17-18,20-21H,7-13H2,1-2H3. The van der Waals surface area contributed by atoms with Crippen LogP contribution in [0.5, 0.6) is 0 Å². The van der Waals surface area contributed by atoms with Crippen molar-refractivity contribution in [2.75, 3.05) is 6.54 Å². The second-order valence-corrected chi connectivity index (χ2v) is 7.56. The molecule has 2 fully saturated rings. The molecule has 0 heterocycles. The largest absolute Gasteiger partial charge is 0.389 e. The van der Waals surface area contributed by atoms with Crippen LogP contribution in [0.15, 0.2) is 24.3 Å². The number of hydrogen-bond donors (Lipinski definition) is 2. The van der Waals surface area contributed by atoms with Crippen LogP contribution in [0.25, 0.3) is 0 Å². The van der Waals surface area contributed by atoms with Gasteiger partial charge in [-0.05, 0) is 62.8 Å². The minimum atomic E-state index is -0.443. The van der Waals surface area contributed by atoms with E-state index in [2.05, 4.69) is 43.4 Å². The first-order valence-electron chi connectivity index (χ1n) is 8.56. The maximum absolute atomic E-state index is 10.6. The van der Waals surface area contributed by atoms with Gasteiger partial charge in [0.25, 0.3) is 0 Å². The van der Waals surface area contributed by atoms with E-state index in [0.29, 0.717) is 12.0 Å². The van der Waals surface area contributed by atoms with E-state index in [1.54, 1.807) is 0 Å². The summed E-state index contributed by atoms with van der Waals surface area (Å²) in [5.74, 6) is 1.50. The molecule has 0 atom stereocenters. The quantitative estimate of drug-likeness (QED) is 0.883. The lowest BCUT2D eigenvalue weighted by atomic mass is 9.75. The molecule has 0 aromatic heterocycles. The van der Waals surface area contributed by atoms with Gasteiger partial charge >= 0.3 is 0 Å². The summed E-state index contributed by atoms with van der Waals surface area (Å²) in [5.41, 5.74) is 2.37. The van der Waals surface area contributed by atoms with Gasteiger partial charge in [0, 0.05) is 12.6 Å². The molecule has 0 aliphatic heterocycles. The zero-order chi connectivity index (χ0) is 14.9. The topological polar surface area (TPSA) is 32.3 Å². The van der Waals surface area contributed by atoms with Gasteiger partial charge < -0.3 is 10.4 Å². The van der Waals surface area contributed by atoms with Gasteiger partial charge in [0.2, 0.25) is 0 Å². The Labute approximate surface area is 129 Å². The molecule has 2 N–H and O–H groups in total. The molecule has 3 rings (SSSR count). The minimum absolute atomic E-state index is 0.443. The summed E-state index contributed by atoms with van der Waals surface area (Å²) in [6, 6.07) is 9.56. The number of aliphatic hydroxyl groups is 1. The van der Waals surface area contributed by atoms with Crippen LogP contribution in [0.2, 0.25) is 0 Å². The maximum atomic E-state index is 10.6. The van der Waals surface area contributed by atoms with Crippen LogP contribution in [-0.4, -0.2) is 23.3 Å². The number of rotatable bonds is 4. The second kappa shape index (κ2) is 6.10. The van der Waals surface area contributed by atoms with E-state index in [0.717, 1.165) is 25.3 Å². The fraction of sp³-hybridized carbons (Fsp3) is 0.684. The van der Waals surface area contributed by atoms with Crippen LogP contribution >= 0.6 is 0 Å². The molecule has 21 heavy (non-hydrogen) atoms. The molecule has 1 aromatic rings. The summed E-state index contributed by atoms with van der Waals surface area (Å²) in [7, 11) is 0. The molecular weight excluding hydrogens is 258 g/mol. The maximum Gasteiger partial charge on any atom is 0.0771 e. The molecule has 2 nitrogen and oxygen atoms in total. The van der Waals surface area contributed by atoms with E-state index >= 15 is 0 Å². The fourth-order valence-corrected chi connectivity index (χ4v) is 3.71. The van der Waals surface area contributed by atoms with Gasteiger partial charge in [-0.3, -0.25) is 0 Å². The predicted octanol–water partition coefficient (Wildman–Crippen LogP) is 3.77. The molecule has 116 valence electrons. The lowest BCUT2D eigenvalue weighted by molar-refractivity contribution is -0.0108. The molecular formula is C19H29NO. The first-order valence-corrected chi connectivity index (χ1v) is 8.56. The van der Waals surface area contributed by atoms with Crippen molar-refractivity contribution in [2.24, 2.45) is 5.92 Å². The van der Waals surface area contributed by atoms with Crippen molar-refractivity contribution in [1.82, 2.24) is 5.32 Å². The highest BCUT2D eigenvalue weighted by atomic mass is 16.3. The van der Waals surface area contributed by atoms with Crippen molar-refractivity contribution in [3.05, 3.63) is 35.4 Å². The average molecular weight is 287 g/mol. The zero-order valence-corrected chi connectivity index (χ0v) is 13.4. The second-order valence-electron chi connectivity index (χ2n) is 7.56. The minimum Gasteiger partial charge on any atom is -0.389 e. The van der Waals surface area contributed by atoms with Crippen LogP contribution in [0.3, 0.4) is 0 Å². The Kier molecular flexibility index (Phi) is 4.37. The van der Waals surface area contributed by atoms with Crippen molar-refractivity contribution in [3.8, 4) is 0 Å². The van der Waals surface area contributed by atoms with E-state index in [1.807, 2.05) is 0 Å². The molecule has 2 aliphatic carbocycles. The van der Waals surface area contributed by atoms with Crippen molar-refractivity contribution in [2.45, 2.75) is 69.9 Å². The fourth-order valence-electron chi connectivity index (χ4n) is 3.71. The van der Waals surface area contributed by atoms with Crippen molar-refractivity contribution in [3.63, 3.8) is 0 Å². The van der Waals surface area contributed by atoms with E-state index in [1.165, 1.54) is 36.8 Å². The molecule has 0 spiro atoms. The molecule has 0 saturated heterocycles. The van der Waals surface area contributed by atoms with E-state index < -0.39 is 5.60 Å². The first kappa shape index (κ1) is 15.1. The van der Waals surface area contributed by atoms with E-state index in [9.17, 15) is 5.11 Å². The van der Waals surface area contributed by atoms with E-state index in [4.69, 9.17) is 0 Å². The summed E-state index contributed by atoms with van der Waals surface area (Å²) < 4.78 is 0. The summed E-state index contributed by atoms with van der Waals surface area (Å²) in [6.07, 6.45) is 6.72. The van der Waals surface area contributed by atoms with Gasteiger partial charge in [-0.15, -0.1) is 0 Å². The Balaban J connectivity index is 1.42. The molecule has 0 amide bonds. The average Bonchev–Trinajstić information content (AvgIpc) is 2.43. The lowest BCUT2D eigenvalue weighted by Crippen LogP contribution is -2.49. The van der Waals surface area contributed by atoms with Crippen LogP contribution in [0.4, 0.5) is 0 Å². The molecule has 0 unspecified atom stereocenters. The van der Waals surface area contributed by atoms with Crippen LogP contribution in [-0.2, 0) is 0 Å². The third-order valence-electron chi connectivity index (χ3n) is 5.61. The third-order valence-corrected chi connectivity index (χ3v) is 5.61. The Morgan fingerprint density at radius 3 is 2.38 bits per heavy atom. The smallest absolute Gasteiger partial charge is 0.0771 e.